The van der Waals surface area contributed by atoms with Crippen LogP contribution >= 0.6 is 0 Å². The standard InChI is InChI=1S/C47H44N4O7/c1-28(52)13-14-29-15-30(26-57-44-22-38-36(20-42(44)55-3)46(53)50-34(24-48-38)18-32-9-5-7-11-39(32)50)17-31(16-29)27-58-45-23-41-37(21-43(45)56-4)47(54)51-35(25-49(41)2)19-33-10-6-8-12-40(33)51/h5-12,15-17,20-23,34-35,48H,13-14,18-19,24,26-27H2,1-4H3/t34-,35-/m0/s1. The number of para-hydroxylation sites is 2. The van der Waals surface area contributed by atoms with Gasteiger partial charge in [-0.1, -0.05) is 48.5 Å². The molecular formula is C47H44N4O7. The zero-order valence-electron chi connectivity index (χ0n) is 33.0. The molecule has 4 aliphatic heterocycles. The topological polar surface area (TPSA) is 110 Å². The molecule has 4 aliphatic rings. The van der Waals surface area contributed by atoms with Gasteiger partial charge in [-0.05, 0) is 90.4 Å². The van der Waals surface area contributed by atoms with E-state index in [1.54, 1.807) is 33.3 Å². The molecule has 58 heavy (non-hydrogen) atoms. The van der Waals surface area contributed by atoms with Crippen molar-refractivity contribution in [2.45, 2.75) is 57.9 Å². The Kier molecular flexibility index (Phi) is 9.59. The number of amides is 2. The van der Waals surface area contributed by atoms with Crippen LogP contribution in [-0.4, -0.2) is 68.3 Å². The van der Waals surface area contributed by atoms with Crippen LogP contribution in [0.5, 0.6) is 23.0 Å². The summed E-state index contributed by atoms with van der Waals surface area (Å²) in [6, 6.07) is 29.1. The summed E-state index contributed by atoms with van der Waals surface area (Å²) < 4.78 is 26.3. The number of aryl methyl sites for hydroxylation is 1. The van der Waals surface area contributed by atoms with Gasteiger partial charge >= 0.3 is 0 Å². The number of ether oxygens (including phenoxy) is 4. The molecule has 2 amide bonds. The van der Waals surface area contributed by atoms with Crippen molar-refractivity contribution in [1.82, 2.24) is 0 Å². The first-order valence-electron chi connectivity index (χ1n) is 19.6. The Labute approximate surface area is 337 Å². The zero-order chi connectivity index (χ0) is 40.1. The molecule has 0 saturated heterocycles. The maximum Gasteiger partial charge on any atom is 0.260 e. The molecule has 11 heteroatoms. The van der Waals surface area contributed by atoms with E-state index in [2.05, 4.69) is 23.7 Å². The molecule has 0 aromatic heterocycles. The van der Waals surface area contributed by atoms with E-state index in [9.17, 15) is 14.4 Å². The number of methoxy groups -OCH3 is 2. The maximum atomic E-state index is 14.1. The number of hydrogen-bond donors (Lipinski definition) is 1. The van der Waals surface area contributed by atoms with E-state index in [1.165, 1.54) is 5.56 Å². The van der Waals surface area contributed by atoms with Crippen molar-refractivity contribution < 1.29 is 37.9 Å². The SMILES string of the molecule is COc1cc2c(cc1OCc1cc(CCC(C)=O)cc(COc3cc4c(cc3OC)C(=O)N3c5ccccc5C[C@H]3[C-]=[N+]4C)c1)NC[C@@H]1Cc3ccccc3N1C2=O. The summed E-state index contributed by atoms with van der Waals surface area (Å²) in [5.74, 6) is 1.79. The van der Waals surface area contributed by atoms with E-state index in [0.717, 1.165) is 40.0 Å². The number of Topliss-reactive ketones (excluding diaryl/α,β-unsaturated/α-hetero) is 1. The number of nitrogens with zero attached hydrogens (tertiary/aromatic N) is 3. The lowest BCUT2D eigenvalue weighted by Crippen LogP contribution is -2.39. The monoisotopic (exact) mass is 776 g/mol. The van der Waals surface area contributed by atoms with Crippen LogP contribution in [0.4, 0.5) is 22.7 Å². The number of hydrogen-bond acceptors (Lipinski definition) is 8. The molecule has 11 nitrogen and oxygen atoms in total. The van der Waals surface area contributed by atoms with Gasteiger partial charge in [0.15, 0.2) is 17.2 Å². The Bertz CT molecular complexity index is 2530. The van der Waals surface area contributed by atoms with Crippen molar-refractivity contribution in [2.24, 2.45) is 0 Å². The van der Waals surface area contributed by atoms with Gasteiger partial charge in [-0.25, -0.2) is 0 Å². The van der Waals surface area contributed by atoms with Crippen LogP contribution in [-0.2, 0) is 37.3 Å². The molecule has 5 aromatic rings. The molecule has 0 saturated carbocycles. The van der Waals surface area contributed by atoms with Crippen LogP contribution in [0.3, 0.4) is 0 Å². The molecule has 0 bridgehead atoms. The van der Waals surface area contributed by atoms with Crippen LogP contribution in [0.1, 0.15) is 61.9 Å². The number of fused-ring (bicyclic) bond motifs is 8. The van der Waals surface area contributed by atoms with E-state index >= 15 is 0 Å². The van der Waals surface area contributed by atoms with Crippen molar-refractivity contribution in [3.8, 4) is 23.0 Å². The molecule has 2 atom stereocenters. The smallest absolute Gasteiger partial charge is 0.260 e. The summed E-state index contributed by atoms with van der Waals surface area (Å²) in [7, 11) is 5.03. The van der Waals surface area contributed by atoms with E-state index in [4.69, 9.17) is 18.9 Å². The minimum atomic E-state index is -0.226. The highest BCUT2D eigenvalue weighted by atomic mass is 16.5. The van der Waals surface area contributed by atoms with Crippen molar-refractivity contribution >= 4 is 46.6 Å². The van der Waals surface area contributed by atoms with Gasteiger partial charge in [-0.3, -0.25) is 9.59 Å². The van der Waals surface area contributed by atoms with Gasteiger partial charge in [0.1, 0.15) is 31.8 Å². The lowest BCUT2D eigenvalue weighted by Gasteiger charge is -2.23. The Morgan fingerprint density at radius 2 is 1.33 bits per heavy atom. The van der Waals surface area contributed by atoms with Gasteiger partial charge in [0.05, 0.1) is 37.2 Å². The highest BCUT2D eigenvalue weighted by molar-refractivity contribution is 6.14. The first-order chi connectivity index (χ1) is 28.2. The summed E-state index contributed by atoms with van der Waals surface area (Å²) in [5, 5.41) is 3.50. The van der Waals surface area contributed by atoms with Crippen molar-refractivity contribution in [3.05, 3.63) is 130 Å². The summed E-state index contributed by atoms with van der Waals surface area (Å²) in [5.41, 5.74) is 9.25. The lowest BCUT2D eigenvalue weighted by molar-refractivity contribution is -0.401. The van der Waals surface area contributed by atoms with Crippen LogP contribution < -0.4 is 34.1 Å². The van der Waals surface area contributed by atoms with Gasteiger partial charge in [-0.2, -0.15) is 0 Å². The van der Waals surface area contributed by atoms with Gasteiger partial charge in [0, 0.05) is 48.2 Å². The quantitative estimate of drug-likeness (QED) is 0.111. The Morgan fingerprint density at radius 1 is 0.741 bits per heavy atom. The van der Waals surface area contributed by atoms with E-state index < -0.39 is 0 Å². The molecule has 1 N–H and O–H groups in total. The molecule has 0 unspecified atom stereocenters. The second kappa shape index (κ2) is 15.0. The van der Waals surface area contributed by atoms with Crippen LogP contribution in [0.2, 0.25) is 0 Å². The lowest BCUT2D eigenvalue weighted by atomic mass is 10.0. The molecule has 0 spiro atoms. The van der Waals surface area contributed by atoms with E-state index in [1.807, 2.05) is 88.2 Å². The average molecular weight is 777 g/mol. The highest BCUT2D eigenvalue weighted by Gasteiger charge is 2.38. The van der Waals surface area contributed by atoms with Crippen molar-refractivity contribution in [2.75, 3.05) is 42.9 Å². The molecule has 0 fully saturated rings. The predicted molar refractivity (Wildman–Crippen MR) is 221 cm³/mol. The molecule has 5 aromatic carbocycles. The molecule has 294 valence electrons. The third-order valence-electron chi connectivity index (χ3n) is 11.4. The number of ketones is 1. The fourth-order valence-corrected chi connectivity index (χ4v) is 8.64. The molecule has 0 aliphatic carbocycles. The second-order valence-corrected chi connectivity index (χ2v) is 15.3. The number of anilines is 3. The molecule has 0 radical (unpaired) electrons. The van der Waals surface area contributed by atoms with Gasteiger partial charge < -0.3 is 43.4 Å². The average Bonchev–Trinajstić information content (AvgIpc) is 3.73. The third kappa shape index (κ3) is 6.70. The van der Waals surface area contributed by atoms with Crippen molar-refractivity contribution in [1.29, 1.82) is 0 Å². The van der Waals surface area contributed by atoms with E-state index in [0.29, 0.717) is 71.3 Å². The number of nitrogens with one attached hydrogen (secondary N) is 1. The summed E-state index contributed by atoms with van der Waals surface area (Å²) >= 11 is 0. The summed E-state index contributed by atoms with van der Waals surface area (Å²) in [6.07, 6.45) is 5.94. The summed E-state index contributed by atoms with van der Waals surface area (Å²) in [6.45, 7) is 2.59. The third-order valence-corrected chi connectivity index (χ3v) is 11.4. The predicted octanol–water partition coefficient (Wildman–Crippen LogP) is 7.19. The number of carbonyl (C=O) groups excluding carboxylic acids is 3. The summed E-state index contributed by atoms with van der Waals surface area (Å²) in [4.78, 5) is 43.7. The minimum absolute atomic E-state index is 0.00718. The Hall–Kier alpha value is -6.62. The highest BCUT2D eigenvalue weighted by Crippen LogP contribution is 2.42. The molecule has 9 rings (SSSR count). The molecule has 4 heterocycles. The normalized spacial score (nSPS) is 17.3. The van der Waals surface area contributed by atoms with Crippen LogP contribution in [0, 0.1) is 0 Å². The van der Waals surface area contributed by atoms with Gasteiger partial charge in [0.25, 0.3) is 5.91 Å². The fourth-order valence-electron chi connectivity index (χ4n) is 8.64. The number of rotatable bonds is 11. The van der Waals surface area contributed by atoms with E-state index in [-0.39, 0.29) is 42.9 Å². The zero-order valence-corrected chi connectivity index (χ0v) is 33.0. The number of carbonyl (C=O) groups is 3. The first kappa shape index (κ1) is 37.0. The maximum absolute atomic E-state index is 14.1. The van der Waals surface area contributed by atoms with Crippen molar-refractivity contribution in [3.63, 3.8) is 0 Å². The van der Waals surface area contributed by atoms with Gasteiger partial charge in [-0.15, -0.1) is 0 Å². The Morgan fingerprint density at radius 3 is 2.00 bits per heavy atom. The number of benzene rings is 5. The van der Waals surface area contributed by atoms with Crippen LogP contribution in [0.25, 0.3) is 0 Å². The first-order valence-corrected chi connectivity index (χ1v) is 19.6. The minimum Gasteiger partial charge on any atom is -0.493 e. The van der Waals surface area contributed by atoms with Gasteiger partial charge in [0.2, 0.25) is 5.91 Å². The largest absolute Gasteiger partial charge is 0.493 e. The molecular weight excluding hydrogens is 733 g/mol. The second-order valence-electron chi connectivity index (χ2n) is 15.3. The van der Waals surface area contributed by atoms with Crippen LogP contribution in [0.15, 0.2) is 91.0 Å². The Balaban J connectivity index is 0.965. The fraction of sp³-hybridized carbons (Fsp3) is 0.277.